The molecule has 7 heteroatoms. The lowest BCUT2D eigenvalue weighted by Crippen LogP contribution is -2.54. The molecule has 0 aliphatic carbocycles. The molecule has 0 bridgehead atoms. The minimum Gasteiger partial charge on any atom is -0.469 e. The van der Waals surface area contributed by atoms with Crippen molar-refractivity contribution in [3.63, 3.8) is 0 Å². The summed E-state index contributed by atoms with van der Waals surface area (Å²) >= 11 is 1.53. The second-order valence-corrected chi connectivity index (χ2v) is 6.56. The van der Waals surface area contributed by atoms with Crippen LogP contribution in [0.1, 0.15) is 32.2 Å². The molecule has 120 valence electrons. The Morgan fingerprint density at radius 2 is 2.19 bits per heavy atom. The number of β-amino-alcohol motifs (C(OH)–C–C–N with tert-alkyl or cyclic N) is 1. The van der Waals surface area contributed by atoms with Gasteiger partial charge in [-0.05, 0) is 20.3 Å². The average Bonchev–Trinajstić information content (AvgIpc) is 2.87. The molecule has 0 radical (unpaired) electrons. The first kappa shape index (κ1) is 16.6. The zero-order valence-electron chi connectivity index (χ0n) is 13.2. The van der Waals surface area contributed by atoms with E-state index in [2.05, 4.69) is 26.9 Å². The van der Waals surface area contributed by atoms with Gasteiger partial charge in [0.25, 0.3) is 5.19 Å². The number of rotatable bonds is 7. The van der Waals surface area contributed by atoms with E-state index in [1.807, 2.05) is 13.8 Å². The third-order valence-electron chi connectivity index (χ3n) is 3.73. The van der Waals surface area contributed by atoms with Gasteiger partial charge < -0.3 is 9.84 Å². The maximum Gasteiger partial charge on any atom is 0.294 e. The van der Waals surface area contributed by atoms with Crippen molar-refractivity contribution in [1.82, 2.24) is 20.0 Å². The Kier molecular flexibility index (Phi) is 6.35. The number of aliphatic hydroxyl groups is 1. The summed E-state index contributed by atoms with van der Waals surface area (Å²) in [5.74, 6) is 0. The molecule has 1 N–H and O–H groups in total. The highest BCUT2D eigenvalue weighted by atomic mass is 32.1. The smallest absolute Gasteiger partial charge is 0.294 e. The molecule has 0 spiro atoms. The normalized spacial score (nSPS) is 22.4. The summed E-state index contributed by atoms with van der Waals surface area (Å²) in [5, 5.41) is 19.5. The average molecular weight is 314 g/mol. The fourth-order valence-electron chi connectivity index (χ4n) is 2.74. The fourth-order valence-corrected chi connectivity index (χ4v) is 3.53. The van der Waals surface area contributed by atoms with Gasteiger partial charge in [-0.3, -0.25) is 9.80 Å². The van der Waals surface area contributed by atoms with Crippen molar-refractivity contribution in [3.8, 4) is 5.19 Å². The Bertz CT molecular complexity index is 427. The molecule has 1 aliphatic heterocycles. The van der Waals surface area contributed by atoms with Crippen LogP contribution in [0.3, 0.4) is 0 Å². The molecule has 21 heavy (non-hydrogen) atoms. The minimum absolute atomic E-state index is 0.262. The standard InChI is InChI=1S/C14H26N4O2S/c1-4-12-9-17(6-7-18(12)8-11(3)19)10-13-15-16-14(21-13)20-5-2/h11-12,19H,4-10H2,1-3H3/t11-,12+/m0/s1. The molecule has 1 fully saturated rings. The van der Waals surface area contributed by atoms with E-state index in [1.54, 1.807) is 0 Å². The van der Waals surface area contributed by atoms with Gasteiger partial charge in [-0.2, -0.15) is 0 Å². The maximum atomic E-state index is 9.59. The highest BCUT2D eigenvalue weighted by molar-refractivity contribution is 7.13. The topological polar surface area (TPSA) is 61.7 Å². The Hall–Kier alpha value is -0.760. The number of piperazine rings is 1. The zero-order chi connectivity index (χ0) is 15.2. The Morgan fingerprint density at radius 3 is 2.86 bits per heavy atom. The molecule has 0 amide bonds. The molecule has 0 unspecified atom stereocenters. The molecule has 1 saturated heterocycles. The Balaban J connectivity index is 1.87. The first-order valence-corrected chi connectivity index (χ1v) is 8.53. The number of ether oxygens (including phenoxy) is 1. The maximum absolute atomic E-state index is 9.59. The third-order valence-corrected chi connectivity index (χ3v) is 4.55. The highest BCUT2D eigenvalue weighted by Crippen LogP contribution is 2.21. The number of aromatic nitrogens is 2. The molecule has 0 aromatic carbocycles. The lowest BCUT2D eigenvalue weighted by Gasteiger charge is -2.41. The van der Waals surface area contributed by atoms with Crippen molar-refractivity contribution in [3.05, 3.63) is 5.01 Å². The van der Waals surface area contributed by atoms with E-state index in [0.29, 0.717) is 17.8 Å². The highest BCUT2D eigenvalue weighted by Gasteiger charge is 2.26. The molecule has 2 heterocycles. The van der Waals surface area contributed by atoms with Gasteiger partial charge >= 0.3 is 0 Å². The minimum atomic E-state index is -0.262. The summed E-state index contributed by atoms with van der Waals surface area (Å²) in [6.45, 7) is 11.3. The summed E-state index contributed by atoms with van der Waals surface area (Å²) in [7, 11) is 0. The van der Waals surface area contributed by atoms with Crippen LogP contribution in [-0.2, 0) is 6.54 Å². The van der Waals surface area contributed by atoms with Crippen LogP contribution >= 0.6 is 11.3 Å². The van der Waals surface area contributed by atoms with E-state index in [4.69, 9.17) is 4.74 Å². The Morgan fingerprint density at radius 1 is 1.38 bits per heavy atom. The molecule has 2 atom stereocenters. The van der Waals surface area contributed by atoms with Crippen molar-refractivity contribution in [2.75, 3.05) is 32.8 Å². The third kappa shape index (κ3) is 4.88. The second kappa shape index (κ2) is 8.03. The summed E-state index contributed by atoms with van der Waals surface area (Å²) in [6.07, 6.45) is 0.839. The predicted molar refractivity (Wildman–Crippen MR) is 83.7 cm³/mol. The van der Waals surface area contributed by atoms with Gasteiger partial charge in [0.05, 0.1) is 19.3 Å². The fraction of sp³-hybridized carbons (Fsp3) is 0.857. The number of nitrogens with zero attached hydrogens (tertiary/aromatic N) is 4. The van der Waals surface area contributed by atoms with Gasteiger partial charge in [0, 0.05) is 32.2 Å². The van der Waals surface area contributed by atoms with Crippen LogP contribution in [0.5, 0.6) is 5.19 Å². The molecule has 0 saturated carbocycles. The van der Waals surface area contributed by atoms with Crippen LogP contribution in [0.2, 0.25) is 0 Å². The van der Waals surface area contributed by atoms with Gasteiger partial charge in [0.2, 0.25) is 0 Å². The lowest BCUT2D eigenvalue weighted by molar-refractivity contribution is 0.0337. The van der Waals surface area contributed by atoms with Crippen LogP contribution in [0.15, 0.2) is 0 Å². The van der Waals surface area contributed by atoms with Crippen LogP contribution in [0, 0.1) is 0 Å². The molecule has 2 rings (SSSR count). The van der Waals surface area contributed by atoms with Crippen LogP contribution < -0.4 is 4.74 Å². The quantitative estimate of drug-likeness (QED) is 0.816. The van der Waals surface area contributed by atoms with E-state index < -0.39 is 0 Å². The SMILES string of the molecule is CCOc1nnc(CN2CCN(C[C@H](C)O)[C@H](CC)C2)s1. The van der Waals surface area contributed by atoms with E-state index in [0.717, 1.165) is 44.2 Å². The van der Waals surface area contributed by atoms with Crippen molar-refractivity contribution >= 4 is 11.3 Å². The summed E-state index contributed by atoms with van der Waals surface area (Å²) in [5.41, 5.74) is 0. The van der Waals surface area contributed by atoms with Gasteiger partial charge in [-0.1, -0.05) is 18.3 Å². The summed E-state index contributed by atoms with van der Waals surface area (Å²) in [4.78, 5) is 4.82. The van der Waals surface area contributed by atoms with Crippen LogP contribution in [-0.4, -0.2) is 70.0 Å². The van der Waals surface area contributed by atoms with Crippen molar-refractivity contribution < 1.29 is 9.84 Å². The van der Waals surface area contributed by atoms with Crippen molar-refractivity contribution in [2.45, 2.75) is 45.9 Å². The first-order chi connectivity index (χ1) is 10.1. The zero-order valence-corrected chi connectivity index (χ0v) is 14.0. The summed E-state index contributed by atoms with van der Waals surface area (Å²) in [6, 6.07) is 0.507. The van der Waals surface area contributed by atoms with Gasteiger partial charge in [-0.15, -0.1) is 10.2 Å². The van der Waals surface area contributed by atoms with E-state index >= 15 is 0 Å². The number of hydrogen-bond donors (Lipinski definition) is 1. The predicted octanol–water partition coefficient (Wildman–Crippen LogP) is 1.21. The molecular formula is C14H26N4O2S. The van der Waals surface area contributed by atoms with E-state index in [9.17, 15) is 5.11 Å². The van der Waals surface area contributed by atoms with Gasteiger partial charge in [-0.25, -0.2) is 0 Å². The molecule has 1 aromatic heterocycles. The molecular weight excluding hydrogens is 288 g/mol. The second-order valence-electron chi connectivity index (χ2n) is 5.54. The van der Waals surface area contributed by atoms with Crippen molar-refractivity contribution in [1.29, 1.82) is 0 Å². The van der Waals surface area contributed by atoms with E-state index in [-0.39, 0.29) is 6.10 Å². The largest absolute Gasteiger partial charge is 0.469 e. The Labute approximate surface area is 130 Å². The van der Waals surface area contributed by atoms with E-state index in [1.165, 1.54) is 11.3 Å². The number of hydrogen-bond acceptors (Lipinski definition) is 7. The monoisotopic (exact) mass is 314 g/mol. The summed E-state index contributed by atoms with van der Waals surface area (Å²) < 4.78 is 5.37. The molecule has 1 aliphatic rings. The van der Waals surface area contributed by atoms with Crippen LogP contribution in [0.4, 0.5) is 0 Å². The first-order valence-electron chi connectivity index (χ1n) is 7.72. The van der Waals surface area contributed by atoms with Crippen LogP contribution in [0.25, 0.3) is 0 Å². The number of aliphatic hydroxyl groups excluding tert-OH is 1. The van der Waals surface area contributed by atoms with Crippen molar-refractivity contribution in [2.24, 2.45) is 0 Å². The van der Waals surface area contributed by atoms with Gasteiger partial charge in [0.15, 0.2) is 0 Å². The van der Waals surface area contributed by atoms with Gasteiger partial charge in [0.1, 0.15) is 5.01 Å². The lowest BCUT2D eigenvalue weighted by atomic mass is 10.1. The molecule has 6 nitrogen and oxygen atoms in total. The molecule has 1 aromatic rings.